The molecule has 0 atom stereocenters. The van der Waals surface area contributed by atoms with Crippen molar-refractivity contribution in [2.45, 2.75) is 13.1 Å². The van der Waals surface area contributed by atoms with Gasteiger partial charge in [0.05, 0.1) is 18.0 Å². The van der Waals surface area contributed by atoms with Crippen LogP contribution < -0.4 is 11.2 Å². The van der Waals surface area contributed by atoms with Crippen LogP contribution in [0.2, 0.25) is 5.02 Å². The summed E-state index contributed by atoms with van der Waals surface area (Å²) >= 11 is 5.88. The van der Waals surface area contributed by atoms with Crippen LogP contribution in [0.1, 0.15) is 5.56 Å². The van der Waals surface area contributed by atoms with E-state index in [-0.39, 0.29) is 18.5 Å². The number of aromatic amines is 1. The minimum atomic E-state index is -0.702. The molecule has 0 saturated carbocycles. The molecule has 0 spiro atoms. The second kappa shape index (κ2) is 8.74. The van der Waals surface area contributed by atoms with Crippen LogP contribution in [0, 0.1) is 0 Å². The minimum absolute atomic E-state index is 0.0886. The zero-order valence-corrected chi connectivity index (χ0v) is 16.3. The van der Waals surface area contributed by atoms with Crippen molar-refractivity contribution in [3.63, 3.8) is 0 Å². The Hall–Kier alpha value is -3.39. The van der Waals surface area contributed by atoms with Crippen molar-refractivity contribution in [3.8, 4) is 0 Å². The number of aromatic nitrogens is 2. The van der Waals surface area contributed by atoms with E-state index in [0.29, 0.717) is 10.5 Å². The molecule has 0 aliphatic rings. The molecule has 0 fully saturated rings. The predicted molar refractivity (Wildman–Crippen MR) is 108 cm³/mol. The standard InChI is InChI=1S/C20H18ClN3O5/c1-29-18(26)12-23(10-13-6-8-14(21)9-7-13)17(25)11-24-19(27)15-4-2-3-5-16(15)22-20(24)28/h2-9H,10-12H2,1H3,(H,22,28). The van der Waals surface area contributed by atoms with Gasteiger partial charge >= 0.3 is 11.7 Å². The Labute approximate surface area is 170 Å². The van der Waals surface area contributed by atoms with Crippen molar-refractivity contribution in [3.05, 3.63) is 80.0 Å². The van der Waals surface area contributed by atoms with Crippen LogP contribution in [0.4, 0.5) is 0 Å². The summed E-state index contributed by atoms with van der Waals surface area (Å²) < 4.78 is 5.47. The van der Waals surface area contributed by atoms with Crippen LogP contribution in [0.5, 0.6) is 0 Å². The summed E-state index contributed by atoms with van der Waals surface area (Å²) in [6.45, 7) is -0.743. The average molecular weight is 416 g/mol. The summed E-state index contributed by atoms with van der Waals surface area (Å²) in [4.78, 5) is 53.4. The van der Waals surface area contributed by atoms with E-state index in [1.807, 2.05) is 0 Å². The number of nitrogens with one attached hydrogen (secondary N) is 1. The van der Waals surface area contributed by atoms with Crippen molar-refractivity contribution in [1.82, 2.24) is 14.5 Å². The number of fused-ring (bicyclic) bond motifs is 1. The number of esters is 1. The largest absolute Gasteiger partial charge is 0.468 e. The molecule has 0 radical (unpaired) electrons. The number of benzene rings is 2. The van der Waals surface area contributed by atoms with Crippen molar-refractivity contribution in [1.29, 1.82) is 0 Å². The Morgan fingerprint density at radius 3 is 2.48 bits per heavy atom. The van der Waals surface area contributed by atoms with Gasteiger partial charge in [0.2, 0.25) is 5.91 Å². The Kier molecular flexibility index (Phi) is 6.13. The minimum Gasteiger partial charge on any atom is -0.468 e. The molecule has 1 heterocycles. The van der Waals surface area contributed by atoms with Gasteiger partial charge in [0.25, 0.3) is 5.56 Å². The van der Waals surface area contributed by atoms with E-state index >= 15 is 0 Å². The van der Waals surface area contributed by atoms with Gasteiger partial charge in [0, 0.05) is 11.6 Å². The number of halogens is 1. The first-order chi connectivity index (χ1) is 13.9. The number of methoxy groups -OCH3 is 1. The first kappa shape index (κ1) is 20.3. The lowest BCUT2D eigenvalue weighted by atomic mass is 10.2. The summed E-state index contributed by atoms with van der Waals surface area (Å²) in [5.74, 6) is -1.19. The number of ether oxygens (including phenoxy) is 1. The molecular formula is C20H18ClN3O5. The molecular weight excluding hydrogens is 398 g/mol. The van der Waals surface area contributed by atoms with E-state index in [1.165, 1.54) is 12.0 Å². The van der Waals surface area contributed by atoms with E-state index < -0.39 is 29.7 Å². The summed E-state index contributed by atoms with van der Waals surface area (Å²) in [6, 6.07) is 13.3. The smallest absolute Gasteiger partial charge is 0.329 e. The normalized spacial score (nSPS) is 10.7. The fourth-order valence-electron chi connectivity index (χ4n) is 2.84. The number of hydrogen-bond acceptors (Lipinski definition) is 5. The average Bonchev–Trinajstić information content (AvgIpc) is 2.71. The highest BCUT2D eigenvalue weighted by molar-refractivity contribution is 6.30. The Balaban J connectivity index is 1.90. The van der Waals surface area contributed by atoms with Crippen molar-refractivity contribution in [2.75, 3.05) is 13.7 Å². The molecule has 1 amide bonds. The molecule has 0 bridgehead atoms. The Morgan fingerprint density at radius 1 is 1.10 bits per heavy atom. The lowest BCUT2D eigenvalue weighted by molar-refractivity contribution is -0.147. The summed E-state index contributed by atoms with van der Waals surface area (Å²) in [7, 11) is 1.21. The van der Waals surface area contributed by atoms with E-state index in [0.717, 1.165) is 10.1 Å². The number of carbonyl (C=O) groups is 2. The SMILES string of the molecule is COC(=O)CN(Cc1ccc(Cl)cc1)C(=O)Cn1c(=O)[nH]c2ccccc2c1=O. The van der Waals surface area contributed by atoms with Crippen molar-refractivity contribution < 1.29 is 14.3 Å². The van der Waals surface area contributed by atoms with Crippen molar-refractivity contribution >= 4 is 34.4 Å². The summed E-state index contributed by atoms with van der Waals surface area (Å²) in [6.07, 6.45) is 0. The molecule has 0 unspecified atom stereocenters. The third kappa shape index (κ3) is 4.72. The Morgan fingerprint density at radius 2 is 1.79 bits per heavy atom. The molecule has 150 valence electrons. The number of carbonyl (C=O) groups excluding carboxylic acids is 2. The van der Waals surface area contributed by atoms with Gasteiger partial charge < -0.3 is 14.6 Å². The van der Waals surface area contributed by atoms with Crippen LogP contribution in [-0.2, 0) is 27.4 Å². The quantitative estimate of drug-likeness (QED) is 0.615. The highest BCUT2D eigenvalue weighted by Crippen LogP contribution is 2.12. The molecule has 9 heteroatoms. The van der Waals surface area contributed by atoms with Crippen LogP contribution in [0.15, 0.2) is 58.1 Å². The molecule has 8 nitrogen and oxygen atoms in total. The van der Waals surface area contributed by atoms with Gasteiger partial charge in [0.15, 0.2) is 0 Å². The zero-order valence-electron chi connectivity index (χ0n) is 15.6. The maximum absolute atomic E-state index is 12.9. The van der Waals surface area contributed by atoms with Crippen LogP contribution >= 0.6 is 11.6 Å². The molecule has 3 rings (SSSR count). The topological polar surface area (TPSA) is 101 Å². The van der Waals surface area contributed by atoms with Gasteiger partial charge in [-0.05, 0) is 29.8 Å². The number of para-hydroxylation sites is 1. The fourth-order valence-corrected chi connectivity index (χ4v) is 2.97. The molecule has 1 aromatic heterocycles. The zero-order chi connectivity index (χ0) is 21.0. The molecule has 29 heavy (non-hydrogen) atoms. The van der Waals surface area contributed by atoms with E-state index in [2.05, 4.69) is 9.72 Å². The molecule has 0 saturated heterocycles. The van der Waals surface area contributed by atoms with E-state index in [9.17, 15) is 19.2 Å². The van der Waals surface area contributed by atoms with Crippen LogP contribution in [-0.4, -0.2) is 40.0 Å². The molecule has 0 aliphatic heterocycles. The lowest BCUT2D eigenvalue weighted by Crippen LogP contribution is -2.43. The molecule has 0 aliphatic carbocycles. The first-order valence-corrected chi connectivity index (χ1v) is 9.07. The number of nitrogens with zero attached hydrogens (tertiary/aromatic N) is 2. The lowest BCUT2D eigenvalue weighted by Gasteiger charge is -2.22. The molecule has 1 N–H and O–H groups in total. The second-order valence-electron chi connectivity index (χ2n) is 6.32. The summed E-state index contributed by atoms with van der Waals surface area (Å²) in [5, 5.41) is 0.825. The van der Waals surface area contributed by atoms with Gasteiger partial charge in [-0.1, -0.05) is 35.9 Å². The maximum Gasteiger partial charge on any atom is 0.329 e. The van der Waals surface area contributed by atoms with Gasteiger partial charge in [-0.15, -0.1) is 0 Å². The third-order valence-electron chi connectivity index (χ3n) is 4.37. The third-order valence-corrected chi connectivity index (χ3v) is 4.62. The molecule has 3 aromatic rings. The van der Waals surface area contributed by atoms with Gasteiger partial charge in [0.1, 0.15) is 13.1 Å². The first-order valence-electron chi connectivity index (χ1n) is 8.70. The van der Waals surface area contributed by atoms with Crippen molar-refractivity contribution in [2.24, 2.45) is 0 Å². The Bertz CT molecular complexity index is 1170. The second-order valence-corrected chi connectivity index (χ2v) is 6.76. The highest BCUT2D eigenvalue weighted by atomic mass is 35.5. The van der Waals surface area contributed by atoms with E-state index in [4.69, 9.17) is 11.6 Å². The maximum atomic E-state index is 12.9. The van der Waals surface area contributed by atoms with Gasteiger partial charge in [-0.3, -0.25) is 19.0 Å². The van der Waals surface area contributed by atoms with Gasteiger partial charge in [-0.2, -0.15) is 0 Å². The predicted octanol–water partition coefficient (Wildman–Crippen LogP) is 1.54. The summed E-state index contributed by atoms with van der Waals surface area (Å²) in [5.41, 5.74) is -0.168. The number of H-pyrrole nitrogens is 1. The number of amides is 1. The number of hydrogen-bond donors (Lipinski definition) is 1. The molecule has 2 aromatic carbocycles. The van der Waals surface area contributed by atoms with Gasteiger partial charge in [-0.25, -0.2) is 4.79 Å². The number of rotatable bonds is 6. The van der Waals surface area contributed by atoms with Crippen LogP contribution in [0.25, 0.3) is 10.9 Å². The van der Waals surface area contributed by atoms with Crippen LogP contribution in [0.3, 0.4) is 0 Å². The monoisotopic (exact) mass is 415 g/mol. The van der Waals surface area contributed by atoms with E-state index in [1.54, 1.807) is 48.5 Å². The highest BCUT2D eigenvalue weighted by Gasteiger charge is 2.20. The fraction of sp³-hybridized carbons (Fsp3) is 0.200.